The molecule has 25 heavy (non-hydrogen) atoms. The van der Waals surface area contributed by atoms with E-state index in [1.54, 1.807) is 24.3 Å². The van der Waals surface area contributed by atoms with Gasteiger partial charge in [0.25, 0.3) is 0 Å². The molecule has 0 aliphatic heterocycles. The zero-order valence-electron chi connectivity index (χ0n) is 13.1. The molecule has 124 valence electrons. The van der Waals surface area contributed by atoms with Crippen molar-refractivity contribution in [3.8, 4) is 23.3 Å². The molecule has 1 aromatic carbocycles. The zero-order valence-corrected chi connectivity index (χ0v) is 14.7. The molecular formula is C18H13ClN4OS. The van der Waals surface area contributed by atoms with Gasteiger partial charge in [0.1, 0.15) is 34.3 Å². The van der Waals surface area contributed by atoms with Crippen LogP contribution in [0.4, 0.5) is 5.82 Å². The SMILES string of the molecule is N#Cc1c(N)nc(SCC(=O)C2CC2)c(C#N)c1-c1ccc(Cl)cc1. The van der Waals surface area contributed by atoms with E-state index in [2.05, 4.69) is 11.1 Å². The number of pyridine rings is 1. The van der Waals surface area contributed by atoms with Crippen LogP contribution in [0.2, 0.25) is 5.02 Å². The van der Waals surface area contributed by atoms with Crippen molar-refractivity contribution in [3.05, 3.63) is 40.4 Å². The van der Waals surface area contributed by atoms with Crippen LogP contribution in [0.1, 0.15) is 24.0 Å². The molecule has 0 spiro atoms. The molecule has 1 aliphatic carbocycles. The molecule has 0 atom stereocenters. The molecule has 2 aromatic rings. The Morgan fingerprint density at radius 2 is 1.88 bits per heavy atom. The third kappa shape index (κ3) is 3.61. The summed E-state index contributed by atoms with van der Waals surface area (Å²) >= 11 is 7.12. The molecular weight excluding hydrogens is 356 g/mol. The summed E-state index contributed by atoms with van der Waals surface area (Å²) in [6.07, 6.45) is 1.87. The number of ketones is 1. The second kappa shape index (κ2) is 7.14. The lowest BCUT2D eigenvalue weighted by atomic mass is 9.97. The predicted molar refractivity (Wildman–Crippen MR) is 97.0 cm³/mol. The molecule has 0 amide bonds. The van der Waals surface area contributed by atoms with Gasteiger partial charge < -0.3 is 5.73 Å². The van der Waals surface area contributed by atoms with Gasteiger partial charge in [-0.05, 0) is 30.5 Å². The molecule has 1 aromatic heterocycles. The lowest BCUT2D eigenvalue weighted by molar-refractivity contribution is -0.117. The molecule has 2 N–H and O–H groups in total. The number of nitrogen functional groups attached to an aromatic ring is 1. The molecule has 3 rings (SSSR count). The number of nitrogens with zero attached hydrogens (tertiary/aromatic N) is 3. The molecule has 0 unspecified atom stereocenters. The summed E-state index contributed by atoms with van der Waals surface area (Å²) in [4.78, 5) is 16.1. The van der Waals surface area contributed by atoms with Crippen LogP contribution < -0.4 is 5.73 Å². The number of hydrogen-bond acceptors (Lipinski definition) is 6. The van der Waals surface area contributed by atoms with E-state index in [-0.39, 0.29) is 34.4 Å². The lowest BCUT2D eigenvalue weighted by Gasteiger charge is -2.12. The second-order valence-corrected chi connectivity index (χ2v) is 7.09. The minimum absolute atomic E-state index is 0.0489. The predicted octanol–water partition coefficient (Wildman–Crippen LogP) is 3.80. The van der Waals surface area contributed by atoms with Crippen LogP contribution in [0.3, 0.4) is 0 Å². The van der Waals surface area contributed by atoms with E-state index >= 15 is 0 Å². The van der Waals surface area contributed by atoms with Crippen molar-refractivity contribution < 1.29 is 4.79 Å². The maximum absolute atomic E-state index is 11.9. The lowest BCUT2D eigenvalue weighted by Crippen LogP contribution is -2.07. The monoisotopic (exact) mass is 368 g/mol. The van der Waals surface area contributed by atoms with Crippen LogP contribution in [-0.2, 0) is 4.79 Å². The molecule has 0 saturated heterocycles. The summed E-state index contributed by atoms with van der Waals surface area (Å²) < 4.78 is 0. The first-order valence-electron chi connectivity index (χ1n) is 7.60. The van der Waals surface area contributed by atoms with Crippen molar-refractivity contribution in [3.63, 3.8) is 0 Å². The normalized spacial score (nSPS) is 13.1. The average molecular weight is 369 g/mol. The maximum Gasteiger partial charge on any atom is 0.146 e. The van der Waals surface area contributed by atoms with Crippen molar-refractivity contribution in [2.75, 3.05) is 11.5 Å². The smallest absolute Gasteiger partial charge is 0.146 e. The summed E-state index contributed by atoms with van der Waals surface area (Å²) in [5.74, 6) is 0.599. The van der Waals surface area contributed by atoms with Gasteiger partial charge in [0.05, 0.1) is 11.3 Å². The van der Waals surface area contributed by atoms with Gasteiger partial charge in [-0.3, -0.25) is 4.79 Å². The van der Waals surface area contributed by atoms with Gasteiger partial charge in [0.2, 0.25) is 0 Å². The fourth-order valence-corrected chi connectivity index (χ4v) is 3.57. The van der Waals surface area contributed by atoms with E-state index in [1.165, 1.54) is 11.8 Å². The van der Waals surface area contributed by atoms with Crippen molar-refractivity contribution in [2.45, 2.75) is 17.9 Å². The number of carbonyl (C=O) groups excluding carboxylic acids is 1. The summed E-state index contributed by atoms with van der Waals surface area (Å²) in [5.41, 5.74) is 7.42. The zero-order chi connectivity index (χ0) is 18.0. The Labute approximate surface area is 154 Å². The van der Waals surface area contributed by atoms with Gasteiger partial charge in [-0.25, -0.2) is 4.98 Å². The van der Waals surface area contributed by atoms with Crippen LogP contribution in [0.25, 0.3) is 11.1 Å². The highest BCUT2D eigenvalue weighted by atomic mass is 35.5. The van der Waals surface area contributed by atoms with E-state index in [1.807, 2.05) is 6.07 Å². The summed E-state index contributed by atoms with van der Waals surface area (Å²) in [6, 6.07) is 10.9. The van der Waals surface area contributed by atoms with Crippen LogP contribution >= 0.6 is 23.4 Å². The number of rotatable bonds is 5. The number of anilines is 1. The van der Waals surface area contributed by atoms with E-state index in [9.17, 15) is 15.3 Å². The number of halogens is 1. The van der Waals surface area contributed by atoms with Gasteiger partial charge in [-0.2, -0.15) is 10.5 Å². The third-order valence-electron chi connectivity index (χ3n) is 3.93. The Morgan fingerprint density at radius 3 is 2.44 bits per heavy atom. The first kappa shape index (κ1) is 17.3. The number of benzene rings is 1. The molecule has 1 heterocycles. The Bertz CT molecular complexity index is 924. The minimum Gasteiger partial charge on any atom is -0.383 e. The van der Waals surface area contributed by atoms with Gasteiger partial charge in [0.15, 0.2) is 0 Å². The van der Waals surface area contributed by atoms with Crippen molar-refractivity contribution in [1.82, 2.24) is 4.98 Å². The van der Waals surface area contributed by atoms with Crippen LogP contribution in [-0.4, -0.2) is 16.5 Å². The highest BCUT2D eigenvalue weighted by molar-refractivity contribution is 8.00. The first-order chi connectivity index (χ1) is 12.0. The number of nitrogens with two attached hydrogens (primary N) is 1. The average Bonchev–Trinajstić information content (AvgIpc) is 3.45. The number of hydrogen-bond donors (Lipinski definition) is 1. The van der Waals surface area contributed by atoms with Gasteiger partial charge >= 0.3 is 0 Å². The fraction of sp³-hybridized carbons (Fsp3) is 0.222. The van der Waals surface area contributed by atoms with Crippen LogP contribution in [0.15, 0.2) is 29.3 Å². The quantitative estimate of drug-likeness (QED) is 0.805. The molecule has 7 heteroatoms. The van der Waals surface area contributed by atoms with E-state index in [0.717, 1.165) is 12.8 Å². The maximum atomic E-state index is 11.9. The molecule has 0 bridgehead atoms. The Balaban J connectivity index is 2.08. The third-order valence-corrected chi connectivity index (χ3v) is 5.18. The van der Waals surface area contributed by atoms with Gasteiger partial charge in [0, 0.05) is 16.5 Å². The first-order valence-corrected chi connectivity index (χ1v) is 8.96. The van der Waals surface area contributed by atoms with Crippen LogP contribution in [0, 0.1) is 28.6 Å². The molecule has 5 nitrogen and oxygen atoms in total. The molecule has 1 fully saturated rings. The highest BCUT2D eigenvalue weighted by Crippen LogP contribution is 2.37. The fourth-order valence-electron chi connectivity index (χ4n) is 2.47. The number of Topliss-reactive ketones (excluding diaryl/α,β-unsaturated/α-hetero) is 1. The van der Waals surface area contributed by atoms with Gasteiger partial charge in [-0.1, -0.05) is 35.5 Å². The minimum atomic E-state index is 0.0489. The van der Waals surface area contributed by atoms with Crippen molar-refractivity contribution in [2.24, 2.45) is 5.92 Å². The highest BCUT2D eigenvalue weighted by Gasteiger charge is 2.30. The number of nitriles is 2. The van der Waals surface area contributed by atoms with Crippen LogP contribution in [0.5, 0.6) is 0 Å². The summed E-state index contributed by atoms with van der Waals surface area (Å²) in [6.45, 7) is 0. The summed E-state index contributed by atoms with van der Waals surface area (Å²) in [5, 5.41) is 20.0. The molecule has 1 saturated carbocycles. The van der Waals surface area contributed by atoms with E-state index in [4.69, 9.17) is 17.3 Å². The van der Waals surface area contributed by atoms with E-state index < -0.39 is 0 Å². The Hall–Kier alpha value is -2.54. The Kier molecular flexibility index (Phi) is 4.94. The summed E-state index contributed by atoms with van der Waals surface area (Å²) in [7, 11) is 0. The number of carbonyl (C=O) groups is 1. The van der Waals surface area contributed by atoms with Gasteiger partial charge in [-0.15, -0.1) is 0 Å². The molecule has 1 aliphatic rings. The number of aromatic nitrogens is 1. The standard InChI is InChI=1S/C18H13ClN4OS/c19-12-5-3-11(4-6-12)16-13(7-20)17(22)23-18(14(16)8-21)25-9-15(24)10-1-2-10/h3-6,10H,1-2,9H2,(H2,22,23). The number of thioether (sulfide) groups is 1. The topological polar surface area (TPSA) is 104 Å². The van der Waals surface area contributed by atoms with Crippen molar-refractivity contribution >= 4 is 35.0 Å². The Morgan fingerprint density at radius 1 is 1.24 bits per heavy atom. The second-order valence-electron chi connectivity index (χ2n) is 5.69. The largest absolute Gasteiger partial charge is 0.383 e. The molecule has 0 radical (unpaired) electrons. The van der Waals surface area contributed by atoms with E-state index in [0.29, 0.717) is 21.2 Å². The van der Waals surface area contributed by atoms with Crippen molar-refractivity contribution in [1.29, 1.82) is 10.5 Å².